The Morgan fingerprint density at radius 2 is 2.11 bits per heavy atom. The molecule has 6 heteroatoms. The molecule has 2 aromatic rings. The smallest absolute Gasteiger partial charge is 0.239 e. The van der Waals surface area contributed by atoms with Crippen molar-refractivity contribution in [3.05, 3.63) is 42.1 Å². The maximum Gasteiger partial charge on any atom is 0.239 e. The van der Waals surface area contributed by atoms with E-state index in [4.69, 9.17) is 4.74 Å². The minimum Gasteiger partial charge on any atom is -0.379 e. The van der Waals surface area contributed by atoms with Gasteiger partial charge in [0.15, 0.2) is 0 Å². The molecular formula is C21H25N3O3. The number of pyridine rings is 1. The second-order valence-electron chi connectivity index (χ2n) is 7.44. The van der Waals surface area contributed by atoms with Crippen LogP contribution in [-0.2, 0) is 20.7 Å². The van der Waals surface area contributed by atoms with E-state index in [0.717, 1.165) is 30.2 Å². The van der Waals surface area contributed by atoms with E-state index in [-0.39, 0.29) is 30.3 Å². The van der Waals surface area contributed by atoms with E-state index in [0.29, 0.717) is 26.2 Å². The van der Waals surface area contributed by atoms with Gasteiger partial charge in [-0.1, -0.05) is 18.2 Å². The zero-order valence-corrected chi connectivity index (χ0v) is 15.4. The van der Waals surface area contributed by atoms with Crippen molar-refractivity contribution in [2.45, 2.75) is 31.7 Å². The van der Waals surface area contributed by atoms with Crippen molar-refractivity contribution in [2.24, 2.45) is 5.92 Å². The maximum absolute atomic E-state index is 12.5. The highest BCUT2D eigenvalue weighted by molar-refractivity contribution is 5.85. The summed E-state index contributed by atoms with van der Waals surface area (Å²) in [4.78, 5) is 30.4. The fourth-order valence-electron chi connectivity index (χ4n) is 4.03. The van der Waals surface area contributed by atoms with Crippen molar-refractivity contribution in [3.8, 4) is 0 Å². The standard InChI is InChI=1S/C21H25N3O3/c25-20(12-24-10-4-3-7-21(24)26)23-19-14-27-13-16(19)11-15-8-9-22-18-6-2-1-5-17(15)18/h1-2,5-6,8-9,16,19H,3-4,7,10-14H2,(H,23,25)/t16-,19-/m1/s1. The summed E-state index contributed by atoms with van der Waals surface area (Å²) >= 11 is 0. The first kappa shape index (κ1) is 17.9. The van der Waals surface area contributed by atoms with E-state index >= 15 is 0 Å². The van der Waals surface area contributed by atoms with Crippen molar-refractivity contribution in [2.75, 3.05) is 26.3 Å². The number of carbonyl (C=O) groups excluding carboxylic acids is 2. The summed E-state index contributed by atoms with van der Waals surface area (Å²) < 4.78 is 5.66. The molecule has 0 aliphatic carbocycles. The van der Waals surface area contributed by atoms with E-state index in [1.54, 1.807) is 4.90 Å². The number of fused-ring (bicyclic) bond motifs is 1. The number of carbonyl (C=O) groups is 2. The quantitative estimate of drug-likeness (QED) is 0.876. The van der Waals surface area contributed by atoms with Gasteiger partial charge in [-0.25, -0.2) is 0 Å². The molecule has 2 atom stereocenters. The van der Waals surface area contributed by atoms with Crippen LogP contribution in [0.4, 0.5) is 0 Å². The zero-order valence-electron chi connectivity index (χ0n) is 15.4. The van der Waals surface area contributed by atoms with E-state index in [1.165, 1.54) is 5.56 Å². The fourth-order valence-corrected chi connectivity index (χ4v) is 4.03. The number of nitrogens with zero attached hydrogens (tertiary/aromatic N) is 2. The fraction of sp³-hybridized carbons (Fsp3) is 0.476. The summed E-state index contributed by atoms with van der Waals surface area (Å²) in [6.07, 6.45) is 5.12. The number of likely N-dealkylation sites (tertiary alicyclic amines) is 1. The number of benzene rings is 1. The van der Waals surface area contributed by atoms with Crippen molar-refractivity contribution >= 4 is 22.7 Å². The van der Waals surface area contributed by atoms with Crippen molar-refractivity contribution in [1.29, 1.82) is 0 Å². The first-order chi connectivity index (χ1) is 13.2. The predicted octanol–water partition coefficient (Wildman–Crippen LogP) is 1.92. The summed E-state index contributed by atoms with van der Waals surface area (Å²) in [7, 11) is 0. The molecule has 2 aliphatic heterocycles. The molecule has 0 saturated carbocycles. The second-order valence-corrected chi connectivity index (χ2v) is 7.44. The number of ether oxygens (including phenoxy) is 1. The molecule has 0 unspecified atom stereocenters. The van der Waals surface area contributed by atoms with Gasteiger partial charge in [0.1, 0.15) is 0 Å². The van der Waals surface area contributed by atoms with Crippen molar-refractivity contribution in [1.82, 2.24) is 15.2 Å². The average molecular weight is 367 g/mol. The predicted molar refractivity (Wildman–Crippen MR) is 102 cm³/mol. The highest BCUT2D eigenvalue weighted by Gasteiger charge is 2.31. The molecule has 1 N–H and O–H groups in total. The van der Waals surface area contributed by atoms with Crippen LogP contribution in [0.1, 0.15) is 24.8 Å². The summed E-state index contributed by atoms with van der Waals surface area (Å²) in [5.74, 6) is 0.209. The Morgan fingerprint density at radius 1 is 1.22 bits per heavy atom. The molecule has 142 valence electrons. The summed E-state index contributed by atoms with van der Waals surface area (Å²) in [5.41, 5.74) is 2.21. The second kappa shape index (κ2) is 8.05. The molecule has 27 heavy (non-hydrogen) atoms. The molecule has 6 nitrogen and oxygen atoms in total. The van der Waals surface area contributed by atoms with Gasteiger partial charge in [0.25, 0.3) is 0 Å². The SMILES string of the molecule is O=C(CN1CCCCC1=O)N[C@@H]1COC[C@H]1Cc1ccnc2ccccc12. The van der Waals surface area contributed by atoms with Gasteiger partial charge in [-0.05, 0) is 37.0 Å². The van der Waals surface area contributed by atoms with Gasteiger partial charge in [0.2, 0.25) is 11.8 Å². The molecule has 2 amide bonds. The summed E-state index contributed by atoms with van der Waals surface area (Å²) in [6, 6.07) is 10.1. The number of rotatable bonds is 5. The molecule has 1 aromatic heterocycles. The number of amides is 2. The van der Waals surface area contributed by atoms with E-state index in [1.807, 2.05) is 30.5 Å². The maximum atomic E-state index is 12.5. The lowest BCUT2D eigenvalue weighted by Crippen LogP contribution is -2.47. The first-order valence-electron chi connectivity index (χ1n) is 9.68. The molecule has 0 radical (unpaired) electrons. The van der Waals surface area contributed by atoms with Gasteiger partial charge in [0.05, 0.1) is 31.3 Å². The number of nitrogens with one attached hydrogen (secondary N) is 1. The molecule has 2 aliphatic rings. The molecule has 2 saturated heterocycles. The minimum absolute atomic E-state index is 0.0238. The monoisotopic (exact) mass is 367 g/mol. The van der Waals surface area contributed by atoms with Crippen LogP contribution < -0.4 is 5.32 Å². The number of hydrogen-bond acceptors (Lipinski definition) is 4. The highest BCUT2D eigenvalue weighted by atomic mass is 16.5. The number of piperidine rings is 1. The van der Waals surface area contributed by atoms with Crippen LogP contribution in [0.25, 0.3) is 10.9 Å². The molecular weight excluding hydrogens is 342 g/mol. The topological polar surface area (TPSA) is 71.5 Å². The Balaban J connectivity index is 1.40. The van der Waals surface area contributed by atoms with Crippen LogP contribution in [0.3, 0.4) is 0 Å². The van der Waals surface area contributed by atoms with E-state index in [2.05, 4.69) is 16.4 Å². The highest BCUT2D eigenvalue weighted by Crippen LogP contribution is 2.24. The summed E-state index contributed by atoms with van der Waals surface area (Å²) in [5, 5.41) is 4.24. The molecule has 0 bridgehead atoms. The Kier molecular flexibility index (Phi) is 5.34. The van der Waals surface area contributed by atoms with E-state index < -0.39 is 0 Å². The third-order valence-corrected chi connectivity index (χ3v) is 5.52. The molecule has 3 heterocycles. The first-order valence-corrected chi connectivity index (χ1v) is 9.68. The van der Waals surface area contributed by atoms with Crippen LogP contribution in [0.15, 0.2) is 36.5 Å². The van der Waals surface area contributed by atoms with Crippen molar-refractivity contribution in [3.63, 3.8) is 0 Å². The van der Waals surface area contributed by atoms with E-state index in [9.17, 15) is 9.59 Å². The van der Waals surface area contributed by atoms with Crippen LogP contribution in [0.2, 0.25) is 0 Å². The van der Waals surface area contributed by atoms with Crippen molar-refractivity contribution < 1.29 is 14.3 Å². The zero-order chi connectivity index (χ0) is 18.6. The van der Waals surface area contributed by atoms with Gasteiger partial charge in [-0.2, -0.15) is 0 Å². The Bertz CT molecular complexity index is 833. The number of para-hydroxylation sites is 1. The Hall–Kier alpha value is -2.47. The number of aromatic nitrogens is 1. The minimum atomic E-state index is -0.0923. The molecule has 4 rings (SSSR count). The van der Waals surface area contributed by atoms with Gasteiger partial charge < -0.3 is 15.0 Å². The largest absolute Gasteiger partial charge is 0.379 e. The van der Waals surface area contributed by atoms with Crippen LogP contribution in [0.5, 0.6) is 0 Å². The van der Waals surface area contributed by atoms with Gasteiger partial charge in [-0.3, -0.25) is 14.6 Å². The summed E-state index contributed by atoms with van der Waals surface area (Å²) in [6.45, 7) is 1.98. The molecule has 1 aromatic carbocycles. The van der Waals surface area contributed by atoms with Crippen LogP contribution in [-0.4, -0.2) is 54.0 Å². The van der Waals surface area contributed by atoms with Gasteiger partial charge >= 0.3 is 0 Å². The lowest BCUT2D eigenvalue weighted by atomic mass is 9.93. The third kappa shape index (κ3) is 4.11. The molecule has 2 fully saturated rings. The Morgan fingerprint density at radius 3 is 3.00 bits per heavy atom. The lowest BCUT2D eigenvalue weighted by molar-refractivity contribution is -0.138. The lowest BCUT2D eigenvalue weighted by Gasteiger charge is -2.27. The number of hydrogen-bond donors (Lipinski definition) is 1. The van der Waals surface area contributed by atoms with Crippen LogP contribution >= 0.6 is 0 Å². The third-order valence-electron chi connectivity index (χ3n) is 5.52. The average Bonchev–Trinajstić information content (AvgIpc) is 3.10. The Labute approximate surface area is 158 Å². The van der Waals surface area contributed by atoms with Gasteiger partial charge in [-0.15, -0.1) is 0 Å². The molecule has 0 spiro atoms. The normalized spacial score (nSPS) is 23.0. The van der Waals surface area contributed by atoms with Gasteiger partial charge in [0, 0.05) is 30.5 Å². The van der Waals surface area contributed by atoms with Crippen LogP contribution in [0, 0.1) is 5.92 Å².